The summed E-state index contributed by atoms with van der Waals surface area (Å²) in [5.74, 6) is 1.60. The van der Waals surface area contributed by atoms with E-state index in [-0.39, 0.29) is 11.6 Å². The van der Waals surface area contributed by atoms with E-state index in [1.165, 1.54) is 19.3 Å². The van der Waals surface area contributed by atoms with Crippen molar-refractivity contribution in [1.82, 2.24) is 0 Å². The molecule has 3 rings (SSSR count). The van der Waals surface area contributed by atoms with Crippen molar-refractivity contribution < 1.29 is 14.2 Å². The summed E-state index contributed by atoms with van der Waals surface area (Å²) in [7, 11) is 1.70. The molecule has 1 saturated carbocycles. The van der Waals surface area contributed by atoms with Gasteiger partial charge in [0.15, 0.2) is 11.5 Å². The van der Waals surface area contributed by atoms with Crippen LogP contribution in [-0.4, -0.2) is 26.4 Å². The Morgan fingerprint density at radius 1 is 1.18 bits per heavy atom. The fourth-order valence-electron chi connectivity index (χ4n) is 3.65. The van der Waals surface area contributed by atoms with Gasteiger partial charge in [-0.1, -0.05) is 31.4 Å². The number of hydrogen-bond donors (Lipinski definition) is 1. The van der Waals surface area contributed by atoms with Gasteiger partial charge < -0.3 is 19.9 Å². The molecule has 1 saturated heterocycles. The lowest BCUT2D eigenvalue weighted by Gasteiger charge is -2.35. The van der Waals surface area contributed by atoms with Gasteiger partial charge in [-0.15, -0.1) is 0 Å². The maximum atomic E-state index is 6.70. The normalized spacial score (nSPS) is 24.7. The van der Waals surface area contributed by atoms with E-state index < -0.39 is 0 Å². The number of nitrogens with two attached hydrogens (primary N) is 1. The molecule has 1 aliphatic carbocycles. The van der Waals surface area contributed by atoms with Crippen molar-refractivity contribution in [3.05, 3.63) is 23.8 Å². The second kappa shape index (κ2) is 6.88. The van der Waals surface area contributed by atoms with Gasteiger partial charge in [0.1, 0.15) is 6.10 Å². The van der Waals surface area contributed by atoms with Crippen LogP contribution in [0.25, 0.3) is 0 Å². The zero-order valence-electron chi connectivity index (χ0n) is 13.5. The van der Waals surface area contributed by atoms with E-state index in [4.69, 9.17) is 19.9 Å². The largest absolute Gasteiger partial charge is 0.493 e. The summed E-state index contributed by atoms with van der Waals surface area (Å²) in [4.78, 5) is 0. The minimum Gasteiger partial charge on any atom is -0.493 e. The first-order valence-electron chi connectivity index (χ1n) is 8.44. The van der Waals surface area contributed by atoms with Crippen LogP contribution in [0.2, 0.25) is 0 Å². The minimum absolute atomic E-state index is 0.109. The Morgan fingerprint density at radius 2 is 2.00 bits per heavy atom. The number of ether oxygens (including phenoxy) is 3. The highest BCUT2D eigenvalue weighted by Gasteiger charge is 2.33. The average Bonchev–Trinajstić information content (AvgIpc) is 2.56. The lowest BCUT2D eigenvalue weighted by Crippen LogP contribution is -2.39. The SMILES string of the molecule is COc1c(OC2CCCOC2)cccc1C1(N)CCCCC1. The summed E-state index contributed by atoms with van der Waals surface area (Å²) >= 11 is 0. The molecule has 0 aromatic heterocycles. The van der Waals surface area contributed by atoms with Crippen molar-refractivity contribution in [2.24, 2.45) is 5.73 Å². The number of hydrogen-bond acceptors (Lipinski definition) is 4. The second-order valence-corrected chi connectivity index (χ2v) is 6.51. The fourth-order valence-corrected chi connectivity index (χ4v) is 3.65. The quantitative estimate of drug-likeness (QED) is 0.926. The molecule has 1 unspecified atom stereocenters. The predicted octanol–water partition coefficient (Wildman–Crippen LogP) is 3.37. The maximum Gasteiger partial charge on any atom is 0.165 e. The Kier molecular flexibility index (Phi) is 4.89. The Balaban J connectivity index is 1.86. The molecule has 2 N–H and O–H groups in total. The Labute approximate surface area is 132 Å². The summed E-state index contributed by atoms with van der Waals surface area (Å²) in [6.07, 6.45) is 7.85. The number of para-hydroxylation sites is 1. The van der Waals surface area contributed by atoms with E-state index >= 15 is 0 Å². The summed E-state index contributed by atoms with van der Waals surface area (Å²) < 4.78 is 17.3. The summed E-state index contributed by atoms with van der Waals surface area (Å²) in [5, 5.41) is 0. The van der Waals surface area contributed by atoms with E-state index in [2.05, 4.69) is 6.07 Å². The molecule has 1 heterocycles. The van der Waals surface area contributed by atoms with E-state index in [1.807, 2.05) is 12.1 Å². The van der Waals surface area contributed by atoms with Gasteiger partial charge >= 0.3 is 0 Å². The van der Waals surface area contributed by atoms with Crippen molar-refractivity contribution in [3.63, 3.8) is 0 Å². The van der Waals surface area contributed by atoms with Gasteiger partial charge in [-0.2, -0.15) is 0 Å². The van der Waals surface area contributed by atoms with Crippen molar-refractivity contribution in [1.29, 1.82) is 0 Å². The summed E-state index contributed by atoms with van der Waals surface area (Å²) in [6, 6.07) is 6.09. The van der Waals surface area contributed by atoms with Crippen LogP contribution >= 0.6 is 0 Å². The molecule has 2 fully saturated rings. The van der Waals surface area contributed by atoms with Gasteiger partial charge in [-0.3, -0.25) is 0 Å². The van der Waals surface area contributed by atoms with Crippen molar-refractivity contribution in [3.8, 4) is 11.5 Å². The highest BCUT2D eigenvalue weighted by atomic mass is 16.5. The maximum absolute atomic E-state index is 6.70. The lowest BCUT2D eigenvalue weighted by molar-refractivity contribution is 0.00630. The number of benzene rings is 1. The van der Waals surface area contributed by atoms with Crippen molar-refractivity contribution in [2.45, 2.75) is 56.6 Å². The third-order valence-corrected chi connectivity index (χ3v) is 4.88. The fraction of sp³-hybridized carbons (Fsp3) is 0.667. The molecule has 22 heavy (non-hydrogen) atoms. The molecule has 1 atom stereocenters. The summed E-state index contributed by atoms with van der Waals surface area (Å²) in [5.41, 5.74) is 7.50. The Hall–Kier alpha value is -1.26. The molecule has 0 radical (unpaired) electrons. The first kappa shape index (κ1) is 15.6. The van der Waals surface area contributed by atoms with Crippen LogP contribution in [0.4, 0.5) is 0 Å². The first-order chi connectivity index (χ1) is 10.7. The van der Waals surface area contributed by atoms with Crippen LogP contribution in [0, 0.1) is 0 Å². The molecule has 0 spiro atoms. The van der Waals surface area contributed by atoms with Crippen LogP contribution in [-0.2, 0) is 10.3 Å². The van der Waals surface area contributed by atoms with Gasteiger partial charge in [-0.25, -0.2) is 0 Å². The van der Waals surface area contributed by atoms with Gasteiger partial charge in [0.25, 0.3) is 0 Å². The van der Waals surface area contributed by atoms with E-state index in [9.17, 15) is 0 Å². The molecule has 0 bridgehead atoms. The zero-order chi connectivity index (χ0) is 15.4. The van der Waals surface area contributed by atoms with Gasteiger partial charge in [0.2, 0.25) is 0 Å². The second-order valence-electron chi connectivity index (χ2n) is 6.51. The molecule has 1 aromatic carbocycles. The molecule has 1 aliphatic heterocycles. The molecule has 1 aromatic rings. The summed E-state index contributed by atoms with van der Waals surface area (Å²) in [6.45, 7) is 1.49. The molecule has 0 amide bonds. The molecule has 2 aliphatic rings. The Bertz CT molecular complexity index is 491. The highest BCUT2D eigenvalue weighted by Crippen LogP contribution is 2.43. The third kappa shape index (κ3) is 3.23. The lowest BCUT2D eigenvalue weighted by atomic mass is 9.77. The first-order valence-corrected chi connectivity index (χ1v) is 8.44. The number of rotatable bonds is 4. The van der Waals surface area contributed by atoms with E-state index in [0.29, 0.717) is 6.61 Å². The standard InChI is InChI=1S/C18H27NO3/c1-20-17-15(18(19)10-3-2-4-11-18)8-5-9-16(17)22-14-7-6-12-21-13-14/h5,8-9,14H,2-4,6-7,10-13,19H2,1H3. The molecule has 4 heteroatoms. The smallest absolute Gasteiger partial charge is 0.165 e. The molecule has 4 nitrogen and oxygen atoms in total. The van der Waals surface area contributed by atoms with Crippen LogP contribution in [0.3, 0.4) is 0 Å². The Morgan fingerprint density at radius 3 is 2.68 bits per heavy atom. The van der Waals surface area contributed by atoms with Crippen molar-refractivity contribution >= 4 is 0 Å². The minimum atomic E-state index is -0.286. The van der Waals surface area contributed by atoms with Crippen LogP contribution in [0.1, 0.15) is 50.5 Å². The highest BCUT2D eigenvalue weighted by molar-refractivity contribution is 5.50. The number of methoxy groups -OCH3 is 1. The molecular formula is C18H27NO3. The third-order valence-electron chi connectivity index (χ3n) is 4.88. The predicted molar refractivity (Wildman–Crippen MR) is 86.4 cm³/mol. The van der Waals surface area contributed by atoms with E-state index in [1.54, 1.807) is 7.11 Å². The van der Waals surface area contributed by atoms with Crippen LogP contribution < -0.4 is 15.2 Å². The van der Waals surface area contributed by atoms with Gasteiger partial charge in [-0.05, 0) is 31.7 Å². The van der Waals surface area contributed by atoms with Crippen LogP contribution in [0.5, 0.6) is 11.5 Å². The van der Waals surface area contributed by atoms with Crippen molar-refractivity contribution in [2.75, 3.05) is 20.3 Å². The van der Waals surface area contributed by atoms with Gasteiger partial charge in [0.05, 0.1) is 13.7 Å². The average molecular weight is 305 g/mol. The molecular weight excluding hydrogens is 278 g/mol. The molecule has 122 valence electrons. The monoisotopic (exact) mass is 305 g/mol. The van der Waals surface area contributed by atoms with Gasteiger partial charge in [0, 0.05) is 17.7 Å². The van der Waals surface area contributed by atoms with Crippen LogP contribution in [0.15, 0.2) is 18.2 Å². The van der Waals surface area contributed by atoms with E-state index in [0.717, 1.165) is 49.4 Å². The topological polar surface area (TPSA) is 53.7 Å². The zero-order valence-corrected chi connectivity index (χ0v) is 13.5.